The Hall–Kier alpha value is -2.84. The third-order valence-corrected chi connectivity index (χ3v) is 14.2. The van der Waals surface area contributed by atoms with E-state index in [1.54, 1.807) is 0 Å². The predicted octanol–water partition coefficient (Wildman–Crippen LogP) is 10.9. The normalized spacial score (nSPS) is 32.3. The number of phenols is 2. The molecule has 0 spiro atoms. The minimum Gasteiger partial charge on any atom is -0.505 e. The zero-order valence-corrected chi connectivity index (χ0v) is 29.8. The Morgan fingerprint density at radius 3 is 1.98 bits per heavy atom. The molecule has 2 aromatic rings. The second-order valence-corrected chi connectivity index (χ2v) is 16.8. The third kappa shape index (κ3) is 6.34. The van der Waals surface area contributed by atoms with Gasteiger partial charge in [-0.1, -0.05) is 50.0 Å². The first-order valence-electron chi connectivity index (χ1n) is 17.6. The number of carboxylic acid groups (broad SMARTS) is 2. The van der Waals surface area contributed by atoms with Gasteiger partial charge in [0.15, 0.2) is 0 Å². The topological polar surface area (TPSA) is 115 Å². The van der Waals surface area contributed by atoms with E-state index in [0.29, 0.717) is 59.1 Å². The van der Waals surface area contributed by atoms with Gasteiger partial charge in [0, 0.05) is 12.8 Å². The molecule has 0 aliphatic heterocycles. The van der Waals surface area contributed by atoms with E-state index < -0.39 is 40.5 Å². The van der Waals surface area contributed by atoms with Crippen molar-refractivity contribution in [2.45, 2.75) is 97.3 Å². The van der Waals surface area contributed by atoms with Crippen LogP contribution < -0.4 is 0 Å². The van der Waals surface area contributed by atoms with Crippen LogP contribution in [0.2, 0.25) is 10.0 Å². The molecule has 0 radical (unpaired) electrons. The van der Waals surface area contributed by atoms with E-state index in [-0.39, 0.29) is 39.6 Å². The van der Waals surface area contributed by atoms with Crippen LogP contribution in [0.3, 0.4) is 0 Å². The van der Waals surface area contributed by atoms with E-state index in [0.717, 1.165) is 38.5 Å². The van der Waals surface area contributed by atoms with Crippen molar-refractivity contribution in [3.05, 3.63) is 62.6 Å². The molecule has 4 aliphatic rings. The summed E-state index contributed by atoms with van der Waals surface area (Å²) in [6.45, 7) is 7.07. The minimum absolute atomic E-state index is 0.00603. The Morgan fingerprint density at radius 2 is 1.41 bits per heavy atom. The molecule has 6 rings (SSSR count). The van der Waals surface area contributed by atoms with Crippen LogP contribution in [-0.4, -0.2) is 38.3 Å². The molecule has 4 N–H and O–H groups in total. The molecule has 8 atom stereocenters. The van der Waals surface area contributed by atoms with Gasteiger partial charge in [0.2, 0.25) is 5.92 Å². The first-order valence-corrected chi connectivity index (χ1v) is 18.3. The first-order chi connectivity index (χ1) is 23.0. The van der Waals surface area contributed by atoms with Gasteiger partial charge in [0.1, 0.15) is 22.6 Å². The molecular weight excluding hydrogens is 673 g/mol. The van der Waals surface area contributed by atoms with E-state index in [4.69, 9.17) is 23.2 Å². The first kappa shape index (κ1) is 36.0. The lowest BCUT2D eigenvalue weighted by molar-refractivity contribution is -0.164. The fraction of sp³-hybridized carbons (Fsp3) is 0.590. The highest BCUT2D eigenvalue weighted by Crippen LogP contribution is 2.69. The monoisotopic (exact) mass is 718 g/mol. The lowest BCUT2D eigenvalue weighted by atomic mass is 9.44. The van der Waals surface area contributed by atoms with Gasteiger partial charge in [-0.15, -0.1) is 0 Å². The zero-order valence-electron chi connectivity index (χ0n) is 28.2. The third-order valence-electron chi connectivity index (χ3n) is 13.6. The van der Waals surface area contributed by atoms with Crippen LogP contribution in [0.4, 0.5) is 8.78 Å². The van der Waals surface area contributed by atoms with Gasteiger partial charge in [0.05, 0.1) is 10.0 Å². The number of halogens is 4. The predicted molar refractivity (Wildman–Crippen MR) is 186 cm³/mol. The van der Waals surface area contributed by atoms with Crippen molar-refractivity contribution in [1.29, 1.82) is 0 Å². The quantitative estimate of drug-likeness (QED) is 0.216. The summed E-state index contributed by atoms with van der Waals surface area (Å²) in [7, 11) is 0. The Bertz CT molecular complexity index is 1620. The van der Waals surface area contributed by atoms with E-state index in [9.17, 15) is 38.8 Å². The maximum atomic E-state index is 14.4. The average molecular weight is 720 g/mol. The summed E-state index contributed by atoms with van der Waals surface area (Å²) in [6.07, 6.45) is 10.5. The van der Waals surface area contributed by atoms with Gasteiger partial charge in [0.25, 0.3) is 0 Å². The van der Waals surface area contributed by atoms with Crippen molar-refractivity contribution in [3.63, 3.8) is 0 Å². The lowest BCUT2D eigenvalue weighted by Crippen LogP contribution is -2.55. The molecule has 1 unspecified atom stereocenters. The molecular formula is C39H46Cl2F2O6. The fourth-order valence-electron chi connectivity index (χ4n) is 11.1. The zero-order chi connectivity index (χ0) is 35.6. The number of hydrogen-bond donors (Lipinski definition) is 4. The SMILES string of the molecule is CC(CCC=C(c1cc(Cl)c(O)c(C(=O)O)c1)c1cc(Cl)c(O)c(C(=O)O)c1)[C@H]1CC[C@H]2[C@@H]3CC[C@@H]4CC(F)(F)CC[C@]4(C)[C@H]3CC[C@]12C. The summed E-state index contributed by atoms with van der Waals surface area (Å²) >= 11 is 12.5. The summed E-state index contributed by atoms with van der Waals surface area (Å²) in [5.74, 6) is -3.73. The van der Waals surface area contributed by atoms with Crippen molar-refractivity contribution in [3.8, 4) is 11.5 Å². The van der Waals surface area contributed by atoms with Gasteiger partial charge < -0.3 is 20.4 Å². The number of carboxylic acids is 2. The Labute approximate surface area is 296 Å². The number of alkyl halides is 2. The number of carbonyl (C=O) groups is 2. The van der Waals surface area contributed by atoms with Crippen LogP contribution in [0.25, 0.3) is 5.57 Å². The van der Waals surface area contributed by atoms with Crippen molar-refractivity contribution in [2.24, 2.45) is 46.3 Å². The molecule has 0 heterocycles. The van der Waals surface area contributed by atoms with Crippen LogP contribution in [0.5, 0.6) is 11.5 Å². The molecule has 0 amide bonds. The highest BCUT2D eigenvalue weighted by atomic mass is 35.5. The maximum absolute atomic E-state index is 14.4. The van der Waals surface area contributed by atoms with Gasteiger partial charge in [-0.2, -0.15) is 0 Å². The van der Waals surface area contributed by atoms with Crippen LogP contribution >= 0.6 is 23.2 Å². The lowest BCUT2D eigenvalue weighted by Gasteiger charge is -2.61. The van der Waals surface area contributed by atoms with E-state index in [1.165, 1.54) is 30.7 Å². The summed E-state index contributed by atoms with van der Waals surface area (Å²) < 4.78 is 28.8. The molecule has 266 valence electrons. The molecule has 4 fully saturated rings. The maximum Gasteiger partial charge on any atom is 0.339 e. The number of aromatic hydroxyl groups is 2. The van der Waals surface area contributed by atoms with Crippen LogP contribution in [0, 0.1) is 46.3 Å². The van der Waals surface area contributed by atoms with E-state index in [2.05, 4.69) is 20.8 Å². The van der Waals surface area contributed by atoms with E-state index >= 15 is 0 Å². The summed E-state index contributed by atoms with van der Waals surface area (Å²) in [5.41, 5.74) is 0.609. The highest BCUT2D eigenvalue weighted by molar-refractivity contribution is 6.33. The fourth-order valence-corrected chi connectivity index (χ4v) is 11.5. The highest BCUT2D eigenvalue weighted by Gasteiger charge is 2.62. The number of benzene rings is 2. The second kappa shape index (κ2) is 13.0. The summed E-state index contributed by atoms with van der Waals surface area (Å²) in [6, 6.07) is 5.46. The molecule has 4 aliphatic carbocycles. The number of rotatable bonds is 8. The second-order valence-electron chi connectivity index (χ2n) is 15.9. The number of fused-ring (bicyclic) bond motifs is 5. The molecule has 0 bridgehead atoms. The number of hydrogen-bond acceptors (Lipinski definition) is 4. The molecule has 6 nitrogen and oxygen atoms in total. The summed E-state index contributed by atoms with van der Waals surface area (Å²) in [4.78, 5) is 23.8. The van der Waals surface area contributed by atoms with Crippen LogP contribution in [-0.2, 0) is 0 Å². The molecule has 49 heavy (non-hydrogen) atoms. The summed E-state index contributed by atoms with van der Waals surface area (Å²) in [5, 5.41) is 39.7. The van der Waals surface area contributed by atoms with Crippen molar-refractivity contribution in [2.75, 3.05) is 0 Å². The van der Waals surface area contributed by atoms with Gasteiger partial charge in [-0.25, -0.2) is 18.4 Å². The largest absolute Gasteiger partial charge is 0.505 e. The van der Waals surface area contributed by atoms with Crippen LogP contribution in [0.1, 0.15) is 123 Å². The minimum atomic E-state index is -2.53. The van der Waals surface area contributed by atoms with Crippen molar-refractivity contribution in [1.82, 2.24) is 0 Å². The van der Waals surface area contributed by atoms with Crippen molar-refractivity contribution < 1.29 is 38.8 Å². The molecule has 4 saturated carbocycles. The van der Waals surface area contributed by atoms with Crippen molar-refractivity contribution >= 4 is 40.7 Å². The smallest absolute Gasteiger partial charge is 0.339 e. The molecule has 2 aromatic carbocycles. The van der Waals surface area contributed by atoms with Gasteiger partial charge in [-0.05, 0) is 145 Å². The Kier molecular flexibility index (Phi) is 9.58. The Morgan fingerprint density at radius 1 is 0.837 bits per heavy atom. The molecule has 10 heteroatoms. The number of aromatic carboxylic acids is 2. The standard InChI is InChI=1S/C39H46Cl2F2O6/c1-20(28-9-10-29-25-8-7-23-19-39(42,43)14-13-37(23,2)30(25)11-12-38(28,29)3)5-4-6-24(21-15-26(35(46)47)33(44)31(40)17-21)22-16-27(36(48)49)34(45)32(41)18-22/h6,15-18,20,23,25,28-30,44-45H,4-5,7-14,19H2,1-3H3,(H,46,47)(H,48,49)/t20?,23-,25+,28-,29+,30+,37+,38-/m1/s1. The molecule has 0 aromatic heterocycles. The van der Waals surface area contributed by atoms with E-state index in [1.807, 2.05) is 6.08 Å². The average Bonchev–Trinajstić information content (AvgIpc) is 3.39. The number of allylic oxidation sites excluding steroid dienone is 1. The van der Waals surface area contributed by atoms with Gasteiger partial charge >= 0.3 is 11.9 Å². The molecule has 0 saturated heterocycles. The van der Waals surface area contributed by atoms with Crippen LogP contribution in [0.15, 0.2) is 30.3 Å². The van der Waals surface area contributed by atoms with Gasteiger partial charge in [-0.3, -0.25) is 0 Å². The Balaban J connectivity index is 1.25.